The Kier molecular flexibility index (Phi) is 9.03. The third-order valence-electron chi connectivity index (χ3n) is 2.26. The summed E-state index contributed by atoms with van der Waals surface area (Å²) in [7, 11) is 1.57. The average molecular weight is 295 g/mol. The summed E-state index contributed by atoms with van der Waals surface area (Å²) >= 11 is 0. The van der Waals surface area contributed by atoms with E-state index < -0.39 is 11.6 Å². The zero-order valence-corrected chi connectivity index (χ0v) is 11.4. The molecule has 0 bridgehead atoms. The molecule has 0 unspecified atom stereocenters. The van der Waals surface area contributed by atoms with Gasteiger partial charge in [-0.05, 0) is 6.07 Å². The summed E-state index contributed by atoms with van der Waals surface area (Å²) in [5.41, 5.74) is 0.252. The molecule has 1 rings (SSSR count). The van der Waals surface area contributed by atoms with Crippen molar-refractivity contribution in [3.05, 3.63) is 35.4 Å². The molecule has 0 aliphatic heterocycles. The van der Waals surface area contributed by atoms with E-state index in [9.17, 15) is 13.6 Å². The molecule has 0 heterocycles. The van der Waals surface area contributed by atoms with Gasteiger partial charge in [0.25, 0.3) is 0 Å². The average Bonchev–Trinajstić information content (AvgIpc) is 2.33. The predicted molar refractivity (Wildman–Crippen MR) is 70.2 cm³/mol. The molecule has 19 heavy (non-hydrogen) atoms. The zero-order chi connectivity index (χ0) is 13.4. The van der Waals surface area contributed by atoms with Crippen LogP contribution in [0.5, 0.6) is 0 Å². The van der Waals surface area contributed by atoms with Gasteiger partial charge in [-0.25, -0.2) is 8.78 Å². The quantitative estimate of drug-likeness (QED) is 0.744. The standard InChI is InChI=1S/C12H16F2N2O2.ClH/c1-18-5-4-15-8-12(17)16-7-9-2-3-10(13)6-11(9)14;/h2-3,6,15H,4-5,7-8H2,1H3,(H,16,17);1H. The molecule has 0 atom stereocenters. The molecule has 1 aromatic carbocycles. The molecule has 4 nitrogen and oxygen atoms in total. The first-order valence-corrected chi connectivity index (χ1v) is 5.53. The molecule has 0 aliphatic rings. The monoisotopic (exact) mass is 294 g/mol. The van der Waals surface area contributed by atoms with Crippen molar-refractivity contribution in [2.45, 2.75) is 6.54 Å². The van der Waals surface area contributed by atoms with Gasteiger partial charge in [-0.15, -0.1) is 12.4 Å². The van der Waals surface area contributed by atoms with Crippen molar-refractivity contribution < 1.29 is 18.3 Å². The number of halogens is 3. The van der Waals surface area contributed by atoms with Crippen molar-refractivity contribution in [2.75, 3.05) is 26.8 Å². The van der Waals surface area contributed by atoms with E-state index in [1.54, 1.807) is 7.11 Å². The minimum Gasteiger partial charge on any atom is -0.383 e. The van der Waals surface area contributed by atoms with Gasteiger partial charge in [0.05, 0.1) is 13.2 Å². The lowest BCUT2D eigenvalue weighted by Crippen LogP contribution is -2.35. The molecule has 1 amide bonds. The Balaban J connectivity index is 0.00000324. The molecule has 7 heteroatoms. The smallest absolute Gasteiger partial charge is 0.234 e. The van der Waals surface area contributed by atoms with E-state index in [-0.39, 0.29) is 37.0 Å². The number of rotatable bonds is 7. The highest BCUT2D eigenvalue weighted by atomic mass is 35.5. The summed E-state index contributed by atoms with van der Waals surface area (Å²) in [6.45, 7) is 1.25. The third-order valence-corrected chi connectivity index (χ3v) is 2.26. The van der Waals surface area contributed by atoms with Crippen molar-refractivity contribution in [3.8, 4) is 0 Å². The second-order valence-corrected chi connectivity index (χ2v) is 3.68. The lowest BCUT2D eigenvalue weighted by Gasteiger charge is -2.07. The number of nitrogens with one attached hydrogen (secondary N) is 2. The second-order valence-electron chi connectivity index (χ2n) is 3.68. The van der Waals surface area contributed by atoms with Crippen molar-refractivity contribution in [3.63, 3.8) is 0 Å². The molecular weight excluding hydrogens is 278 g/mol. The van der Waals surface area contributed by atoms with Crippen molar-refractivity contribution >= 4 is 18.3 Å². The number of ether oxygens (including phenoxy) is 1. The van der Waals surface area contributed by atoms with Crippen LogP contribution in [-0.4, -0.2) is 32.7 Å². The number of carbonyl (C=O) groups excluding carboxylic acids is 1. The summed E-state index contributed by atoms with van der Waals surface area (Å²) in [5, 5.41) is 5.39. The van der Waals surface area contributed by atoms with E-state index in [0.29, 0.717) is 13.2 Å². The molecule has 0 fully saturated rings. The Morgan fingerprint density at radius 2 is 2.11 bits per heavy atom. The zero-order valence-electron chi connectivity index (χ0n) is 10.5. The predicted octanol–water partition coefficient (Wildman–Crippen LogP) is 1.24. The maximum Gasteiger partial charge on any atom is 0.234 e. The summed E-state index contributed by atoms with van der Waals surface area (Å²) in [4.78, 5) is 11.3. The number of carbonyl (C=O) groups is 1. The van der Waals surface area contributed by atoms with E-state index in [1.807, 2.05) is 0 Å². The molecular formula is C12H17ClF2N2O2. The highest BCUT2D eigenvalue weighted by Gasteiger charge is 2.05. The van der Waals surface area contributed by atoms with Crippen molar-refractivity contribution in [1.82, 2.24) is 10.6 Å². The van der Waals surface area contributed by atoms with Gasteiger partial charge in [0, 0.05) is 31.8 Å². The number of amides is 1. The maximum atomic E-state index is 13.2. The van der Waals surface area contributed by atoms with Gasteiger partial charge >= 0.3 is 0 Å². The van der Waals surface area contributed by atoms with Crippen LogP contribution in [0.4, 0.5) is 8.78 Å². The largest absolute Gasteiger partial charge is 0.383 e. The van der Waals surface area contributed by atoms with E-state index >= 15 is 0 Å². The highest BCUT2D eigenvalue weighted by Crippen LogP contribution is 2.08. The molecule has 1 aromatic rings. The summed E-state index contributed by atoms with van der Waals surface area (Å²) in [6, 6.07) is 3.25. The Hall–Kier alpha value is -1.24. The Morgan fingerprint density at radius 1 is 1.37 bits per heavy atom. The third kappa shape index (κ3) is 7.05. The number of hydrogen-bond acceptors (Lipinski definition) is 3. The Bertz CT molecular complexity index is 405. The van der Waals surface area contributed by atoms with Gasteiger partial charge in [-0.1, -0.05) is 6.07 Å². The van der Waals surface area contributed by atoms with E-state index in [2.05, 4.69) is 10.6 Å². The van der Waals surface area contributed by atoms with Gasteiger partial charge in [0.1, 0.15) is 11.6 Å². The van der Waals surface area contributed by atoms with Crippen LogP contribution in [0.25, 0.3) is 0 Å². The van der Waals surface area contributed by atoms with E-state index in [4.69, 9.17) is 4.74 Å². The molecule has 0 aliphatic carbocycles. The number of methoxy groups -OCH3 is 1. The number of hydrogen-bond donors (Lipinski definition) is 2. The molecule has 108 valence electrons. The first-order valence-electron chi connectivity index (χ1n) is 5.53. The van der Waals surface area contributed by atoms with Crippen LogP contribution in [-0.2, 0) is 16.1 Å². The van der Waals surface area contributed by atoms with Gasteiger partial charge < -0.3 is 15.4 Å². The van der Waals surface area contributed by atoms with Crippen LogP contribution < -0.4 is 10.6 Å². The van der Waals surface area contributed by atoms with Crippen LogP contribution in [0.1, 0.15) is 5.56 Å². The van der Waals surface area contributed by atoms with Crippen LogP contribution >= 0.6 is 12.4 Å². The lowest BCUT2D eigenvalue weighted by atomic mass is 10.2. The first-order chi connectivity index (χ1) is 8.63. The van der Waals surface area contributed by atoms with Crippen LogP contribution in [0.2, 0.25) is 0 Å². The molecule has 2 N–H and O–H groups in total. The maximum absolute atomic E-state index is 13.2. The lowest BCUT2D eigenvalue weighted by molar-refractivity contribution is -0.120. The molecule has 0 saturated carbocycles. The Labute approximate surface area is 116 Å². The van der Waals surface area contributed by atoms with Crippen LogP contribution in [0.15, 0.2) is 18.2 Å². The van der Waals surface area contributed by atoms with Crippen LogP contribution in [0.3, 0.4) is 0 Å². The molecule has 0 aromatic heterocycles. The number of benzene rings is 1. The molecule has 0 spiro atoms. The first kappa shape index (κ1) is 17.8. The Morgan fingerprint density at radius 3 is 2.74 bits per heavy atom. The van der Waals surface area contributed by atoms with E-state index in [1.165, 1.54) is 6.07 Å². The minimum atomic E-state index is -0.664. The van der Waals surface area contributed by atoms with Gasteiger partial charge in [0.2, 0.25) is 5.91 Å². The fraction of sp³-hybridized carbons (Fsp3) is 0.417. The van der Waals surface area contributed by atoms with Crippen molar-refractivity contribution in [2.24, 2.45) is 0 Å². The SMILES string of the molecule is COCCNCC(=O)NCc1ccc(F)cc1F.Cl. The van der Waals surface area contributed by atoms with Gasteiger partial charge in [-0.2, -0.15) is 0 Å². The van der Waals surface area contributed by atoms with Crippen LogP contribution in [0, 0.1) is 11.6 Å². The van der Waals surface area contributed by atoms with Gasteiger partial charge in [-0.3, -0.25) is 4.79 Å². The summed E-state index contributed by atoms with van der Waals surface area (Å²) < 4.78 is 30.7. The fourth-order valence-corrected chi connectivity index (χ4v) is 1.30. The highest BCUT2D eigenvalue weighted by molar-refractivity contribution is 5.85. The summed E-state index contributed by atoms with van der Waals surface area (Å²) in [6.07, 6.45) is 0. The minimum absolute atomic E-state index is 0. The normalized spacial score (nSPS) is 9.84. The van der Waals surface area contributed by atoms with E-state index in [0.717, 1.165) is 12.1 Å². The molecule has 0 radical (unpaired) electrons. The summed E-state index contributed by atoms with van der Waals surface area (Å²) in [5.74, 6) is -1.55. The second kappa shape index (κ2) is 9.66. The molecule has 0 saturated heterocycles. The topological polar surface area (TPSA) is 50.4 Å². The van der Waals surface area contributed by atoms with Crippen molar-refractivity contribution in [1.29, 1.82) is 0 Å². The fourth-order valence-electron chi connectivity index (χ4n) is 1.30. The van der Waals surface area contributed by atoms with Gasteiger partial charge in [0.15, 0.2) is 0 Å².